The van der Waals surface area contributed by atoms with Crippen molar-refractivity contribution in [3.05, 3.63) is 52.2 Å². The van der Waals surface area contributed by atoms with Gasteiger partial charge in [-0.3, -0.25) is 19.2 Å². The highest BCUT2D eigenvalue weighted by atomic mass is 32.1. The Kier molecular flexibility index (Phi) is 8.60. The van der Waals surface area contributed by atoms with Crippen LogP contribution in [0.25, 0.3) is 0 Å². The van der Waals surface area contributed by atoms with Gasteiger partial charge >= 0.3 is 5.97 Å². The molecule has 1 atom stereocenters. The van der Waals surface area contributed by atoms with Crippen molar-refractivity contribution >= 4 is 40.6 Å². The first kappa shape index (κ1) is 23.1. The number of halogens is 2. The number of benzene rings is 1. The number of hydrogen-bond donors (Lipinski definition) is 2. The third-order valence-corrected chi connectivity index (χ3v) is 4.80. The van der Waals surface area contributed by atoms with E-state index in [4.69, 9.17) is 4.74 Å². The second kappa shape index (κ2) is 11.1. The van der Waals surface area contributed by atoms with Crippen molar-refractivity contribution in [2.75, 3.05) is 11.9 Å². The summed E-state index contributed by atoms with van der Waals surface area (Å²) in [6.07, 6.45) is -1.35. The van der Waals surface area contributed by atoms with Crippen LogP contribution in [0.3, 0.4) is 0 Å². The van der Waals surface area contributed by atoms with Crippen LogP contribution >= 0.6 is 11.3 Å². The van der Waals surface area contributed by atoms with Gasteiger partial charge < -0.3 is 15.4 Å². The summed E-state index contributed by atoms with van der Waals surface area (Å²) in [5.74, 6) is -3.79. The van der Waals surface area contributed by atoms with Gasteiger partial charge in [-0.25, -0.2) is 8.78 Å². The van der Waals surface area contributed by atoms with Crippen LogP contribution in [0.1, 0.15) is 35.9 Å². The highest BCUT2D eigenvalue weighted by molar-refractivity contribution is 7.12. The van der Waals surface area contributed by atoms with Crippen LogP contribution in [0.5, 0.6) is 0 Å². The van der Waals surface area contributed by atoms with Crippen LogP contribution in [0.15, 0.2) is 35.7 Å². The summed E-state index contributed by atoms with van der Waals surface area (Å²) in [5, 5.41) is 6.47. The van der Waals surface area contributed by atoms with Crippen molar-refractivity contribution in [3.8, 4) is 0 Å². The Balaban J connectivity index is 1.66. The molecule has 2 aromatic rings. The molecule has 1 aromatic carbocycles. The monoisotopic (exact) mass is 438 g/mol. The van der Waals surface area contributed by atoms with Crippen LogP contribution in [0.4, 0.5) is 14.5 Å². The van der Waals surface area contributed by atoms with E-state index in [1.165, 1.54) is 18.3 Å². The molecule has 1 unspecified atom stereocenters. The Labute approximate surface area is 175 Å². The number of carbonyl (C=O) groups excluding carboxylic acids is 4. The minimum atomic E-state index is -1.22. The zero-order valence-corrected chi connectivity index (χ0v) is 16.9. The Morgan fingerprint density at radius 1 is 1.10 bits per heavy atom. The number of amides is 2. The number of Topliss-reactive ketones (excluding diaryl/α,β-unsaturated/α-hetero) is 1. The molecule has 0 aliphatic rings. The van der Waals surface area contributed by atoms with Gasteiger partial charge in [-0.2, -0.15) is 0 Å². The molecule has 2 rings (SSSR count). The number of hydrogen-bond acceptors (Lipinski definition) is 6. The highest BCUT2D eigenvalue weighted by Gasteiger charge is 2.19. The number of ketones is 1. The largest absolute Gasteiger partial charge is 0.452 e. The summed E-state index contributed by atoms with van der Waals surface area (Å²) in [4.78, 5) is 47.9. The lowest BCUT2D eigenvalue weighted by molar-refractivity contribution is -0.153. The minimum absolute atomic E-state index is 0.00613. The predicted molar refractivity (Wildman–Crippen MR) is 106 cm³/mol. The van der Waals surface area contributed by atoms with E-state index in [0.717, 1.165) is 12.1 Å². The fraction of sp³-hybridized carbons (Fsp3) is 0.300. The number of esters is 1. The summed E-state index contributed by atoms with van der Waals surface area (Å²) in [5.41, 5.74) is -0.242. The zero-order chi connectivity index (χ0) is 22.1. The summed E-state index contributed by atoms with van der Waals surface area (Å²) < 4.78 is 31.3. The molecular formula is C20H20F2N2O5S. The summed E-state index contributed by atoms with van der Waals surface area (Å²) >= 11 is 1.30. The molecule has 0 saturated carbocycles. The normalized spacial score (nSPS) is 11.4. The highest BCUT2D eigenvalue weighted by Crippen LogP contribution is 2.15. The number of nitrogens with one attached hydrogen (secondary N) is 2. The van der Waals surface area contributed by atoms with Gasteiger partial charge in [0.25, 0.3) is 5.91 Å². The van der Waals surface area contributed by atoms with Crippen LogP contribution in [0, 0.1) is 11.6 Å². The maximum absolute atomic E-state index is 13.5. The number of carbonyl (C=O) groups is 4. The molecule has 10 heteroatoms. The van der Waals surface area contributed by atoms with Crippen LogP contribution in [-0.4, -0.2) is 36.2 Å². The maximum atomic E-state index is 13.5. The molecule has 0 saturated heterocycles. The zero-order valence-electron chi connectivity index (χ0n) is 16.1. The lowest BCUT2D eigenvalue weighted by Crippen LogP contribution is -2.32. The summed E-state index contributed by atoms with van der Waals surface area (Å²) in [6.45, 7) is 1.27. The van der Waals surface area contributed by atoms with Gasteiger partial charge in [0.1, 0.15) is 11.6 Å². The molecular weight excluding hydrogens is 418 g/mol. The van der Waals surface area contributed by atoms with Crippen LogP contribution in [0.2, 0.25) is 0 Å². The first-order chi connectivity index (χ1) is 14.3. The van der Waals surface area contributed by atoms with Crippen molar-refractivity contribution in [2.24, 2.45) is 0 Å². The molecule has 2 N–H and O–H groups in total. The Hall–Kier alpha value is -3.14. The lowest BCUT2D eigenvalue weighted by Gasteiger charge is -2.14. The van der Waals surface area contributed by atoms with E-state index in [1.807, 2.05) is 0 Å². The van der Waals surface area contributed by atoms with E-state index in [1.54, 1.807) is 17.5 Å². The Bertz CT molecular complexity index is 918. The van der Waals surface area contributed by atoms with Crippen molar-refractivity contribution in [1.29, 1.82) is 0 Å². The van der Waals surface area contributed by atoms with Gasteiger partial charge in [0.15, 0.2) is 11.9 Å². The van der Waals surface area contributed by atoms with E-state index in [9.17, 15) is 28.0 Å². The van der Waals surface area contributed by atoms with Gasteiger partial charge in [0.2, 0.25) is 5.91 Å². The van der Waals surface area contributed by atoms with Gasteiger partial charge in [-0.05, 0) is 30.5 Å². The minimum Gasteiger partial charge on any atom is -0.452 e. The SMILES string of the molecule is CC(OC(=O)CCNC(=O)CCC(=O)c1cccs1)C(=O)Nc1ccc(F)cc1F. The average molecular weight is 438 g/mol. The third-order valence-electron chi connectivity index (χ3n) is 3.89. The van der Waals surface area contributed by atoms with E-state index in [-0.39, 0.29) is 43.2 Å². The van der Waals surface area contributed by atoms with Crippen molar-refractivity contribution in [3.63, 3.8) is 0 Å². The maximum Gasteiger partial charge on any atom is 0.308 e. The molecule has 30 heavy (non-hydrogen) atoms. The Morgan fingerprint density at radius 2 is 1.87 bits per heavy atom. The molecule has 0 spiro atoms. The van der Waals surface area contributed by atoms with Crippen molar-refractivity contribution < 1.29 is 32.7 Å². The van der Waals surface area contributed by atoms with Gasteiger partial charge in [0, 0.05) is 25.5 Å². The van der Waals surface area contributed by atoms with Crippen molar-refractivity contribution in [2.45, 2.75) is 32.3 Å². The summed E-state index contributed by atoms with van der Waals surface area (Å²) in [7, 11) is 0. The topological polar surface area (TPSA) is 102 Å². The number of rotatable bonds is 10. The number of ether oxygens (including phenoxy) is 1. The lowest BCUT2D eigenvalue weighted by atomic mass is 10.2. The number of thiophene rings is 1. The molecule has 0 aliphatic carbocycles. The average Bonchev–Trinajstić information content (AvgIpc) is 3.23. The third kappa shape index (κ3) is 7.36. The predicted octanol–water partition coefficient (Wildman–Crippen LogP) is 3.07. The first-order valence-corrected chi connectivity index (χ1v) is 9.93. The molecule has 0 aliphatic heterocycles. The van der Waals surface area contributed by atoms with Gasteiger partial charge in [-0.15, -0.1) is 11.3 Å². The standard InChI is InChI=1S/C20H20F2N2O5S/c1-12(20(28)24-15-5-4-13(21)11-14(15)22)29-19(27)8-9-23-18(26)7-6-16(25)17-3-2-10-30-17/h2-5,10-12H,6-9H2,1H3,(H,23,26)(H,24,28). The quantitative estimate of drug-likeness (QED) is 0.439. The molecule has 0 bridgehead atoms. The van der Waals surface area contributed by atoms with E-state index in [0.29, 0.717) is 10.9 Å². The number of anilines is 1. The molecule has 0 fully saturated rings. The van der Waals surface area contributed by atoms with E-state index in [2.05, 4.69) is 10.6 Å². The first-order valence-electron chi connectivity index (χ1n) is 9.05. The molecule has 1 heterocycles. The molecule has 7 nitrogen and oxygen atoms in total. The van der Waals surface area contributed by atoms with Crippen LogP contribution < -0.4 is 10.6 Å². The molecule has 2 amide bonds. The molecule has 0 radical (unpaired) electrons. The van der Waals surface area contributed by atoms with E-state index < -0.39 is 29.6 Å². The molecule has 1 aromatic heterocycles. The fourth-order valence-corrected chi connectivity index (χ4v) is 3.01. The second-order valence-electron chi connectivity index (χ2n) is 6.25. The van der Waals surface area contributed by atoms with Gasteiger partial charge in [0.05, 0.1) is 17.0 Å². The van der Waals surface area contributed by atoms with E-state index >= 15 is 0 Å². The van der Waals surface area contributed by atoms with Crippen LogP contribution in [-0.2, 0) is 19.1 Å². The van der Waals surface area contributed by atoms with Crippen molar-refractivity contribution in [1.82, 2.24) is 5.32 Å². The Morgan fingerprint density at radius 3 is 2.53 bits per heavy atom. The van der Waals surface area contributed by atoms with Gasteiger partial charge in [-0.1, -0.05) is 6.07 Å². The fourth-order valence-electron chi connectivity index (χ4n) is 2.31. The second-order valence-corrected chi connectivity index (χ2v) is 7.19. The molecule has 160 valence electrons. The summed E-state index contributed by atoms with van der Waals surface area (Å²) in [6, 6.07) is 6.08. The smallest absolute Gasteiger partial charge is 0.308 e.